The van der Waals surface area contributed by atoms with Gasteiger partial charge in [-0.1, -0.05) is 6.07 Å². The van der Waals surface area contributed by atoms with Crippen molar-refractivity contribution >= 4 is 28.5 Å². The zero-order valence-electron chi connectivity index (χ0n) is 12.7. The maximum Gasteiger partial charge on any atom is 0.243 e. The van der Waals surface area contributed by atoms with Gasteiger partial charge in [0.1, 0.15) is 23.1 Å². The number of para-hydroxylation sites is 1. The third kappa shape index (κ3) is 2.97. The standard InChI is InChI=1S/C15H20ClN3O2/c1-9(2)17-15(20)10(3)19-11-6-5-7-12(21-4)14(11)18-13(19)8-16/h5-7,9-10H,8H2,1-4H3,(H,17,20). The van der Waals surface area contributed by atoms with Gasteiger partial charge < -0.3 is 14.6 Å². The number of carbonyl (C=O) groups is 1. The van der Waals surface area contributed by atoms with E-state index in [4.69, 9.17) is 16.3 Å². The smallest absolute Gasteiger partial charge is 0.243 e. The molecule has 1 aromatic carbocycles. The third-order valence-electron chi connectivity index (χ3n) is 3.29. The highest BCUT2D eigenvalue weighted by Gasteiger charge is 2.22. The zero-order chi connectivity index (χ0) is 15.6. The molecular weight excluding hydrogens is 290 g/mol. The molecule has 0 fully saturated rings. The topological polar surface area (TPSA) is 56.2 Å². The van der Waals surface area contributed by atoms with E-state index in [1.165, 1.54) is 0 Å². The molecule has 0 spiro atoms. The van der Waals surface area contributed by atoms with Crippen molar-refractivity contribution in [1.29, 1.82) is 0 Å². The molecule has 1 heterocycles. The van der Waals surface area contributed by atoms with Gasteiger partial charge in [0, 0.05) is 6.04 Å². The number of ether oxygens (including phenoxy) is 1. The van der Waals surface area contributed by atoms with Gasteiger partial charge in [0.2, 0.25) is 5.91 Å². The number of carbonyl (C=O) groups excluding carboxylic acids is 1. The summed E-state index contributed by atoms with van der Waals surface area (Å²) in [6, 6.07) is 5.34. The maximum absolute atomic E-state index is 12.3. The van der Waals surface area contributed by atoms with E-state index in [1.807, 2.05) is 43.5 Å². The van der Waals surface area contributed by atoms with Crippen molar-refractivity contribution in [2.24, 2.45) is 0 Å². The van der Waals surface area contributed by atoms with E-state index < -0.39 is 6.04 Å². The summed E-state index contributed by atoms with van der Waals surface area (Å²) in [6.45, 7) is 5.71. The largest absolute Gasteiger partial charge is 0.494 e. The highest BCUT2D eigenvalue weighted by atomic mass is 35.5. The van der Waals surface area contributed by atoms with Gasteiger partial charge in [-0.15, -0.1) is 11.6 Å². The predicted octanol–water partition coefficient (Wildman–Crippen LogP) is 2.87. The van der Waals surface area contributed by atoms with Crippen LogP contribution in [0, 0.1) is 0 Å². The number of hydrogen-bond donors (Lipinski definition) is 1. The van der Waals surface area contributed by atoms with Crippen molar-refractivity contribution in [3.63, 3.8) is 0 Å². The summed E-state index contributed by atoms with van der Waals surface area (Å²) in [6.07, 6.45) is 0. The quantitative estimate of drug-likeness (QED) is 0.864. The summed E-state index contributed by atoms with van der Waals surface area (Å²) in [5, 5.41) is 2.91. The number of methoxy groups -OCH3 is 1. The van der Waals surface area contributed by atoms with E-state index in [9.17, 15) is 4.79 Å². The number of rotatable bonds is 5. The molecule has 1 atom stereocenters. The van der Waals surface area contributed by atoms with Gasteiger partial charge in [0.05, 0.1) is 18.5 Å². The average Bonchev–Trinajstić information content (AvgIpc) is 2.83. The molecule has 0 aliphatic carbocycles. The fourth-order valence-corrected chi connectivity index (χ4v) is 2.54. The minimum absolute atomic E-state index is 0.0570. The molecule has 2 rings (SSSR count). The van der Waals surface area contributed by atoms with Crippen molar-refractivity contribution in [1.82, 2.24) is 14.9 Å². The van der Waals surface area contributed by atoms with Gasteiger partial charge in [-0.25, -0.2) is 4.98 Å². The number of benzene rings is 1. The molecule has 6 heteroatoms. The molecule has 1 amide bonds. The Labute approximate surface area is 129 Å². The average molecular weight is 310 g/mol. The van der Waals surface area contributed by atoms with E-state index in [1.54, 1.807) is 7.11 Å². The lowest BCUT2D eigenvalue weighted by molar-refractivity contribution is -0.124. The first kappa shape index (κ1) is 15.6. The summed E-state index contributed by atoms with van der Waals surface area (Å²) in [7, 11) is 1.60. The first-order valence-electron chi connectivity index (χ1n) is 6.89. The maximum atomic E-state index is 12.3. The molecule has 1 unspecified atom stereocenters. The number of fused-ring (bicyclic) bond motifs is 1. The van der Waals surface area contributed by atoms with Crippen LogP contribution in [0.15, 0.2) is 18.2 Å². The third-order valence-corrected chi connectivity index (χ3v) is 3.53. The van der Waals surface area contributed by atoms with E-state index >= 15 is 0 Å². The van der Waals surface area contributed by atoms with Crippen LogP contribution in [0.5, 0.6) is 5.75 Å². The lowest BCUT2D eigenvalue weighted by Gasteiger charge is -2.18. The molecule has 0 saturated heterocycles. The van der Waals surface area contributed by atoms with E-state index in [0.29, 0.717) is 11.6 Å². The van der Waals surface area contributed by atoms with Gasteiger partial charge in [-0.3, -0.25) is 4.79 Å². The van der Waals surface area contributed by atoms with E-state index in [-0.39, 0.29) is 17.8 Å². The van der Waals surface area contributed by atoms with Gasteiger partial charge in [0.25, 0.3) is 0 Å². The number of aromatic nitrogens is 2. The first-order chi connectivity index (χ1) is 9.99. The summed E-state index contributed by atoms with van der Waals surface area (Å²) in [5.41, 5.74) is 1.57. The van der Waals surface area contributed by atoms with Crippen molar-refractivity contribution in [3.05, 3.63) is 24.0 Å². The number of imidazole rings is 1. The number of amides is 1. The molecule has 114 valence electrons. The fraction of sp³-hybridized carbons (Fsp3) is 0.467. The predicted molar refractivity (Wildman–Crippen MR) is 83.8 cm³/mol. The second-order valence-electron chi connectivity index (χ2n) is 5.20. The summed E-state index contributed by atoms with van der Waals surface area (Å²) in [5.74, 6) is 1.51. The zero-order valence-corrected chi connectivity index (χ0v) is 13.4. The Morgan fingerprint density at radius 3 is 2.71 bits per heavy atom. The molecule has 1 aromatic heterocycles. The highest BCUT2D eigenvalue weighted by molar-refractivity contribution is 6.17. The molecule has 0 aliphatic rings. The van der Waals surface area contributed by atoms with Crippen molar-refractivity contribution in [2.45, 2.75) is 38.7 Å². The second-order valence-corrected chi connectivity index (χ2v) is 5.47. The Balaban J connectivity index is 2.54. The molecule has 0 bridgehead atoms. The van der Waals surface area contributed by atoms with Crippen LogP contribution in [0.1, 0.15) is 32.6 Å². The molecule has 0 aliphatic heterocycles. The Hall–Kier alpha value is -1.75. The van der Waals surface area contributed by atoms with Crippen LogP contribution in [0.4, 0.5) is 0 Å². The monoisotopic (exact) mass is 309 g/mol. The number of hydrogen-bond acceptors (Lipinski definition) is 3. The molecular formula is C15H20ClN3O2. The summed E-state index contributed by atoms with van der Waals surface area (Å²) < 4.78 is 7.19. The molecule has 0 radical (unpaired) electrons. The minimum Gasteiger partial charge on any atom is -0.494 e. The van der Waals surface area contributed by atoms with Crippen LogP contribution in [0.2, 0.25) is 0 Å². The molecule has 21 heavy (non-hydrogen) atoms. The number of halogens is 1. The van der Waals surface area contributed by atoms with Crippen LogP contribution in [-0.4, -0.2) is 28.6 Å². The Morgan fingerprint density at radius 1 is 1.43 bits per heavy atom. The SMILES string of the molecule is COc1cccc2c1nc(CCl)n2C(C)C(=O)NC(C)C. The lowest BCUT2D eigenvalue weighted by Crippen LogP contribution is -2.36. The molecule has 2 aromatic rings. The Kier molecular flexibility index (Phi) is 4.73. The van der Waals surface area contributed by atoms with Crippen molar-refractivity contribution in [2.75, 3.05) is 7.11 Å². The van der Waals surface area contributed by atoms with Gasteiger partial charge in [-0.05, 0) is 32.9 Å². The lowest BCUT2D eigenvalue weighted by atomic mass is 10.2. The van der Waals surface area contributed by atoms with Crippen LogP contribution in [0.25, 0.3) is 11.0 Å². The Bertz CT molecular complexity index is 652. The van der Waals surface area contributed by atoms with Gasteiger partial charge in [0.15, 0.2) is 0 Å². The Morgan fingerprint density at radius 2 is 2.14 bits per heavy atom. The number of nitrogens with one attached hydrogen (secondary N) is 1. The van der Waals surface area contributed by atoms with Crippen LogP contribution >= 0.6 is 11.6 Å². The summed E-state index contributed by atoms with van der Waals surface area (Å²) >= 11 is 6.00. The van der Waals surface area contributed by atoms with Crippen LogP contribution in [0.3, 0.4) is 0 Å². The van der Waals surface area contributed by atoms with Crippen LogP contribution < -0.4 is 10.1 Å². The van der Waals surface area contributed by atoms with E-state index in [2.05, 4.69) is 10.3 Å². The molecule has 1 N–H and O–H groups in total. The molecule has 0 saturated carbocycles. The van der Waals surface area contributed by atoms with Gasteiger partial charge >= 0.3 is 0 Å². The summed E-state index contributed by atoms with van der Waals surface area (Å²) in [4.78, 5) is 16.8. The van der Waals surface area contributed by atoms with Gasteiger partial charge in [-0.2, -0.15) is 0 Å². The first-order valence-corrected chi connectivity index (χ1v) is 7.43. The minimum atomic E-state index is -0.391. The van der Waals surface area contributed by atoms with Crippen LogP contribution in [-0.2, 0) is 10.7 Å². The normalized spacial score (nSPS) is 12.7. The second kappa shape index (κ2) is 6.35. The number of alkyl halides is 1. The van der Waals surface area contributed by atoms with Crippen molar-refractivity contribution in [3.8, 4) is 5.75 Å². The van der Waals surface area contributed by atoms with Crippen molar-refractivity contribution < 1.29 is 9.53 Å². The highest BCUT2D eigenvalue weighted by Crippen LogP contribution is 2.29. The molecule has 5 nitrogen and oxygen atoms in total. The fourth-order valence-electron chi connectivity index (χ4n) is 2.35. The number of nitrogens with zero attached hydrogens (tertiary/aromatic N) is 2. The van der Waals surface area contributed by atoms with E-state index in [0.717, 1.165) is 11.0 Å².